The quantitative estimate of drug-likeness (QED) is 0.163. The van der Waals surface area contributed by atoms with E-state index in [1.807, 2.05) is 12.3 Å². The van der Waals surface area contributed by atoms with Crippen LogP contribution >= 0.6 is 0 Å². The number of unbranched alkanes of at least 4 members (excludes halogenated alkanes) is 12. The fraction of sp³-hybridized carbons (Fsp3) is 0.783. The number of rotatable bonds is 18. The van der Waals surface area contributed by atoms with Crippen molar-refractivity contribution in [1.29, 1.82) is 0 Å². The van der Waals surface area contributed by atoms with Crippen molar-refractivity contribution in [3.05, 3.63) is 31.4 Å². The van der Waals surface area contributed by atoms with E-state index in [-0.39, 0.29) is 0 Å². The average molecular weight is 348 g/mol. The summed E-state index contributed by atoms with van der Waals surface area (Å²) >= 11 is 0. The Morgan fingerprint density at radius 1 is 0.840 bits per heavy atom. The van der Waals surface area contributed by atoms with Crippen LogP contribution in [-0.4, -0.2) is 4.98 Å². The van der Waals surface area contributed by atoms with Crippen LogP contribution in [0.1, 0.15) is 116 Å². The molecule has 0 aromatic carbocycles. The second kappa shape index (κ2) is 16.4. The van der Waals surface area contributed by atoms with Crippen molar-refractivity contribution >= 4 is 0 Å². The van der Waals surface area contributed by atoms with Crippen LogP contribution in [0.2, 0.25) is 0 Å². The largest absolute Gasteiger partial charge is 0.250 e. The van der Waals surface area contributed by atoms with Crippen LogP contribution in [0.15, 0.2) is 31.4 Å². The maximum absolute atomic E-state index is 3.87. The predicted octanol–water partition coefficient (Wildman–Crippen LogP) is 7.29. The van der Waals surface area contributed by atoms with E-state index in [0.29, 0.717) is 6.04 Å². The molecule has 0 radical (unpaired) electrons. The minimum atomic E-state index is 0.636. The third kappa shape index (κ3) is 12.0. The van der Waals surface area contributed by atoms with E-state index >= 15 is 0 Å². The number of H-pyrrole nitrogens is 1. The lowest BCUT2D eigenvalue weighted by atomic mass is 10.0. The van der Waals surface area contributed by atoms with Crippen LogP contribution in [0.3, 0.4) is 0 Å². The second-order valence-electron chi connectivity index (χ2n) is 7.61. The van der Waals surface area contributed by atoms with Gasteiger partial charge >= 0.3 is 0 Å². The highest BCUT2D eigenvalue weighted by molar-refractivity contribution is 4.69. The first-order valence-corrected chi connectivity index (χ1v) is 11.0. The molecule has 1 aromatic heterocycles. The van der Waals surface area contributed by atoms with Crippen molar-refractivity contribution in [3.8, 4) is 0 Å². The molecule has 1 N–H and O–H groups in total. The van der Waals surface area contributed by atoms with Gasteiger partial charge in [-0.15, -0.1) is 6.58 Å². The lowest BCUT2D eigenvalue weighted by Crippen LogP contribution is -2.36. The number of hydrogen-bond donors (Lipinski definition) is 1. The molecule has 144 valence electrons. The molecule has 0 spiro atoms. The van der Waals surface area contributed by atoms with Gasteiger partial charge in [0, 0.05) is 0 Å². The minimum absolute atomic E-state index is 0.636. The van der Waals surface area contributed by atoms with Gasteiger partial charge in [0.05, 0.1) is 0 Å². The van der Waals surface area contributed by atoms with Crippen LogP contribution in [0, 0.1) is 0 Å². The Kier molecular flexibility index (Phi) is 14.4. The summed E-state index contributed by atoms with van der Waals surface area (Å²) in [6, 6.07) is 0.636. The van der Waals surface area contributed by atoms with Gasteiger partial charge in [-0.25, -0.2) is 4.57 Å². The number of imidazole rings is 1. The van der Waals surface area contributed by atoms with E-state index in [9.17, 15) is 0 Å². The van der Waals surface area contributed by atoms with Crippen LogP contribution in [0.5, 0.6) is 0 Å². The monoisotopic (exact) mass is 347 g/mol. The Balaban J connectivity index is 1.92. The molecule has 25 heavy (non-hydrogen) atoms. The summed E-state index contributed by atoms with van der Waals surface area (Å²) in [7, 11) is 0. The molecule has 1 unspecified atom stereocenters. The third-order valence-electron chi connectivity index (χ3n) is 5.33. The summed E-state index contributed by atoms with van der Waals surface area (Å²) in [5, 5.41) is 0. The van der Waals surface area contributed by atoms with E-state index in [4.69, 9.17) is 0 Å². The Morgan fingerprint density at radius 3 is 1.88 bits per heavy atom. The van der Waals surface area contributed by atoms with Crippen molar-refractivity contribution in [2.45, 2.75) is 116 Å². The lowest BCUT2D eigenvalue weighted by molar-refractivity contribution is -0.723. The first-order chi connectivity index (χ1) is 12.4. The third-order valence-corrected chi connectivity index (χ3v) is 5.33. The van der Waals surface area contributed by atoms with Gasteiger partial charge in [0.1, 0.15) is 18.4 Å². The lowest BCUT2D eigenvalue weighted by Gasteiger charge is -2.12. The average Bonchev–Trinajstić information content (AvgIpc) is 3.16. The van der Waals surface area contributed by atoms with Crippen LogP contribution in [0.25, 0.3) is 0 Å². The molecule has 0 aliphatic heterocycles. The van der Waals surface area contributed by atoms with Crippen molar-refractivity contribution in [2.24, 2.45) is 0 Å². The molecular weight excluding hydrogens is 304 g/mol. The molecule has 0 amide bonds. The smallest absolute Gasteiger partial charge is 0.241 e. The molecule has 2 nitrogen and oxygen atoms in total. The minimum Gasteiger partial charge on any atom is -0.250 e. The van der Waals surface area contributed by atoms with Crippen LogP contribution in [-0.2, 0) is 0 Å². The summed E-state index contributed by atoms with van der Waals surface area (Å²) in [6.45, 7) is 6.16. The number of hydrogen-bond acceptors (Lipinski definition) is 0. The second-order valence-corrected chi connectivity index (χ2v) is 7.61. The Hall–Kier alpha value is -1.05. The zero-order chi connectivity index (χ0) is 18.0. The van der Waals surface area contributed by atoms with Crippen molar-refractivity contribution in [3.63, 3.8) is 0 Å². The van der Waals surface area contributed by atoms with E-state index in [1.165, 1.54) is 96.3 Å². The maximum Gasteiger partial charge on any atom is 0.241 e. The molecule has 0 saturated carbocycles. The fourth-order valence-corrected chi connectivity index (χ4v) is 3.68. The summed E-state index contributed by atoms with van der Waals surface area (Å²) in [5.74, 6) is 0. The first kappa shape index (κ1) is 22.0. The van der Waals surface area contributed by atoms with Crippen molar-refractivity contribution < 1.29 is 4.57 Å². The zero-order valence-corrected chi connectivity index (χ0v) is 16.9. The standard InChI is InChI=1S/C23H42N2/c1-3-5-7-8-9-10-11-12-13-14-15-16-17-19-23(18-6-4-2)25-21-20-24-22-25/h4,20-23H,2-3,5-19H2,1H3/p+1. The van der Waals surface area contributed by atoms with Gasteiger partial charge in [-0.2, -0.15) is 0 Å². The van der Waals surface area contributed by atoms with Gasteiger partial charge in [0.15, 0.2) is 0 Å². The molecule has 0 aliphatic rings. The van der Waals surface area contributed by atoms with E-state index in [1.54, 1.807) is 0 Å². The summed E-state index contributed by atoms with van der Waals surface area (Å²) in [6.07, 6.45) is 30.5. The van der Waals surface area contributed by atoms with Gasteiger partial charge in [-0.3, -0.25) is 4.98 Å². The maximum atomic E-state index is 3.87. The normalized spacial score (nSPS) is 12.4. The van der Waals surface area contributed by atoms with Crippen molar-refractivity contribution in [2.75, 3.05) is 0 Å². The summed E-state index contributed by atoms with van der Waals surface area (Å²) < 4.78 is 2.34. The molecule has 0 bridgehead atoms. The molecular formula is C23H43N2+. The number of aromatic nitrogens is 2. The Bertz CT molecular complexity index is 383. The van der Waals surface area contributed by atoms with Crippen molar-refractivity contribution in [1.82, 2.24) is 4.98 Å². The number of allylic oxidation sites excluding steroid dienone is 1. The number of aromatic amines is 1. The SMILES string of the molecule is C=CCCC(CCCCCCCCCCCCCCC)[n+]1cc[nH]c1. The molecule has 1 rings (SSSR count). The van der Waals surface area contributed by atoms with Gasteiger partial charge in [-0.05, 0) is 25.7 Å². The van der Waals surface area contributed by atoms with Gasteiger partial charge in [-0.1, -0.05) is 90.0 Å². The fourth-order valence-electron chi connectivity index (χ4n) is 3.68. The van der Waals surface area contributed by atoms with E-state index < -0.39 is 0 Å². The zero-order valence-electron chi connectivity index (χ0n) is 16.9. The Morgan fingerprint density at radius 2 is 1.40 bits per heavy atom. The topological polar surface area (TPSA) is 19.7 Å². The molecule has 1 heterocycles. The number of nitrogens with zero attached hydrogens (tertiary/aromatic N) is 1. The van der Waals surface area contributed by atoms with E-state index in [2.05, 4.69) is 35.6 Å². The van der Waals surface area contributed by atoms with Gasteiger partial charge in [0.25, 0.3) is 0 Å². The first-order valence-electron chi connectivity index (χ1n) is 11.0. The van der Waals surface area contributed by atoms with E-state index in [0.717, 1.165) is 6.42 Å². The molecule has 1 aromatic rings. The van der Waals surface area contributed by atoms with Gasteiger partial charge < -0.3 is 0 Å². The highest BCUT2D eigenvalue weighted by Crippen LogP contribution is 2.18. The predicted molar refractivity (Wildman–Crippen MR) is 110 cm³/mol. The highest BCUT2D eigenvalue weighted by Gasteiger charge is 2.13. The Labute approximate surface area is 157 Å². The summed E-state index contributed by atoms with van der Waals surface area (Å²) in [4.78, 5) is 3.17. The molecule has 0 aliphatic carbocycles. The number of nitrogens with one attached hydrogen (secondary N) is 1. The molecule has 2 heteroatoms. The van der Waals surface area contributed by atoms with Crippen LogP contribution in [0.4, 0.5) is 0 Å². The highest BCUT2D eigenvalue weighted by atomic mass is 15.0. The molecule has 0 saturated heterocycles. The summed E-state index contributed by atoms with van der Waals surface area (Å²) in [5.41, 5.74) is 0. The molecule has 0 fully saturated rings. The molecule has 1 atom stereocenters. The van der Waals surface area contributed by atoms with Gasteiger partial charge in [0.2, 0.25) is 6.33 Å². The van der Waals surface area contributed by atoms with Crippen LogP contribution < -0.4 is 4.57 Å².